The summed E-state index contributed by atoms with van der Waals surface area (Å²) in [6.07, 6.45) is -0.252. The molecule has 0 amide bonds. The number of rotatable bonds is 4. The third kappa shape index (κ3) is 2.74. The van der Waals surface area contributed by atoms with Crippen molar-refractivity contribution in [3.05, 3.63) is 11.6 Å². The number of ether oxygens (including phenoxy) is 4. The van der Waals surface area contributed by atoms with Gasteiger partial charge in [-0.25, -0.2) is 4.79 Å². The van der Waals surface area contributed by atoms with E-state index in [1.54, 1.807) is 19.9 Å². The maximum Gasteiger partial charge on any atom is 0.344 e. The molecule has 1 aromatic rings. The van der Waals surface area contributed by atoms with Crippen LogP contribution >= 0.6 is 0 Å². The molecule has 0 spiro atoms. The molecule has 0 atom stereocenters. The van der Waals surface area contributed by atoms with E-state index >= 15 is 0 Å². The summed E-state index contributed by atoms with van der Waals surface area (Å²) in [7, 11) is 0. The van der Waals surface area contributed by atoms with Crippen molar-refractivity contribution in [2.75, 3.05) is 25.6 Å². The fraction of sp³-hybridized carbons (Fsp3) is 0.500. The lowest BCUT2D eigenvalue weighted by atomic mass is 10.1. The summed E-state index contributed by atoms with van der Waals surface area (Å²) in [6.45, 7) is 6.59. The summed E-state index contributed by atoms with van der Waals surface area (Å²) in [5.74, 6) is 0.626. The molecule has 1 aliphatic heterocycles. The third-order valence-corrected chi connectivity index (χ3v) is 2.68. The molecule has 0 aliphatic carbocycles. The molecule has 0 bridgehead atoms. The lowest BCUT2D eigenvalue weighted by molar-refractivity contribution is 0.0370. The molecule has 2 rings (SSSR count). The van der Waals surface area contributed by atoms with Crippen molar-refractivity contribution in [1.29, 1.82) is 0 Å². The highest BCUT2D eigenvalue weighted by molar-refractivity contribution is 6.01. The van der Waals surface area contributed by atoms with Crippen LogP contribution in [-0.2, 0) is 4.74 Å². The van der Waals surface area contributed by atoms with E-state index in [0.717, 1.165) is 0 Å². The maximum atomic E-state index is 12.2. The van der Waals surface area contributed by atoms with Crippen molar-refractivity contribution < 1.29 is 23.7 Å². The highest BCUT2D eigenvalue weighted by Gasteiger charge is 2.28. The fourth-order valence-electron chi connectivity index (χ4n) is 1.93. The number of fused-ring (bicyclic) bond motifs is 1. The van der Waals surface area contributed by atoms with Crippen LogP contribution in [0.25, 0.3) is 0 Å². The van der Waals surface area contributed by atoms with Gasteiger partial charge in [-0.05, 0) is 20.8 Å². The second kappa shape index (κ2) is 5.90. The molecule has 110 valence electrons. The third-order valence-electron chi connectivity index (χ3n) is 2.68. The molecule has 0 saturated carbocycles. The van der Waals surface area contributed by atoms with Crippen molar-refractivity contribution >= 4 is 11.7 Å². The number of carbonyl (C=O) groups excluding carboxylic acids is 1. The summed E-state index contributed by atoms with van der Waals surface area (Å²) >= 11 is 0. The normalized spacial score (nSPS) is 13.2. The van der Waals surface area contributed by atoms with Gasteiger partial charge in [-0.2, -0.15) is 0 Å². The van der Waals surface area contributed by atoms with E-state index in [1.165, 1.54) is 0 Å². The standard InChI is InChI=1S/C14H19NO5/c1-4-17-9-7-10-13(19-6-5-18-10)11(12(9)15)14(16)20-8(2)3/h7-8H,4-6,15H2,1-3H3. The number of carbonyl (C=O) groups is 1. The SMILES string of the molecule is CCOc1cc2c(c(C(=O)OC(C)C)c1N)OCCO2. The Labute approximate surface area is 117 Å². The van der Waals surface area contributed by atoms with Gasteiger partial charge in [-0.1, -0.05) is 0 Å². The summed E-state index contributed by atoms with van der Waals surface area (Å²) in [5.41, 5.74) is 6.38. The fourth-order valence-corrected chi connectivity index (χ4v) is 1.93. The van der Waals surface area contributed by atoms with E-state index in [0.29, 0.717) is 37.1 Å². The van der Waals surface area contributed by atoms with Gasteiger partial charge < -0.3 is 24.7 Å². The average molecular weight is 281 g/mol. The molecule has 6 heteroatoms. The molecule has 2 N–H and O–H groups in total. The Morgan fingerprint density at radius 1 is 1.40 bits per heavy atom. The summed E-state index contributed by atoms with van der Waals surface area (Å²) in [6, 6.07) is 1.64. The predicted molar refractivity (Wildman–Crippen MR) is 73.6 cm³/mol. The molecule has 0 fully saturated rings. The van der Waals surface area contributed by atoms with Crippen LogP contribution in [-0.4, -0.2) is 31.9 Å². The van der Waals surface area contributed by atoms with Crippen molar-refractivity contribution in [1.82, 2.24) is 0 Å². The zero-order valence-corrected chi connectivity index (χ0v) is 11.9. The van der Waals surface area contributed by atoms with Gasteiger partial charge >= 0.3 is 5.97 Å². The molecule has 6 nitrogen and oxygen atoms in total. The molecular weight excluding hydrogens is 262 g/mol. The Balaban J connectivity index is 2.50. The highest BCUT2D eigenvalue weighted by atomic mass is 16.6. The number of nitrogens with two attached hydrogens (primary N) is 1. The number of anilines is 1. The summed E-state index contributed by atoms with van der Waals surface area (Å²) in [5, 5.41) is 0. The summed E-state index contributed by atoms with van der Waals surface area (Å²) < 4.78 is 21.6. The molecule has 0 radical (unpaired) electrons. The van der Waals surface area contributed by atoms with Gasteiger partial charge in [-0.15, -0.1) is 0 Å². The first-order valence-corrected chi connectivity index (χ1v) is 6.60. The number of benzene rings is 1. The lowest BCUT2D eigenvalue weighted by Crippen LogP contribution is -2.21. The monoisotopic (exact) mass is 281 g/mol. The second-order valence-electron chi connectivity index (χ2n) is 4.57. The van der Waals surface area contributed by atoms with Crippen LogP contribution in [0.2, 0.25) is 0 Å². The minimum absolute atomic E-state index is 0.166. The van der Waals surface area contributed by atoms with Crippen molar-refractivity contribution in [3.8, 4) is 17.2 Å². The van der Waals surface area contributed by atoms with Gasteiger partial charge in [0.05, 0.1) is 18.4 Å². The van der Waals surface area contributed by atoms with Gasteiger partial charge in [0.1, 0.15) is 24.5 Å². The van der Waals surface area contributed by atoms with Gasteiger partial charge in [-0.3, -0.25) is 0 Å². The van der Waals surface area contributed by atoms with Crippen LogP contribution in [0.5, 0.6) is 17.2 Å². The Morgan fingerprint density at radius 3 is 2.75 bits per heavy atom. The minimum atomic E-state index is -0.541. The van der Waals surface area contributed by atoms with Gasteiger partial charge in [0, 0.05) is 6.07 Å². The molecule has 1 aromatic carbocycles. The van der Waals surface area contributed by atoms with E-state index in [4.69, 9.17) is 24.7 Å². The van der Waals surface area contributed by atoms with Crippen LogP contribution in [0.4, 0.5) is 5.69 Å². The highest BCUT2D eigenvalue weighted by Crippen LogP contribution is 2.43. The van der Waals surface area contributed by atoms with Gasteiger partial charge in [0.15, 0.2) is 11.5 Å². The number of nitrogen functional groups attached to an aromatic ring is 1. The Hall–Kier alpha value is -2.11. The van der Waals surface area contributed by atoms with Gasteiger partial charge in [0.25, 0.3) is 0 Å². The van der Waals surface area contributed by atoms with Crippen molar-refractivity contribution in [2.24, 2.45) is 0 Å². The Morgan fingerprint density at radius 2 is 2.10 bits per heavy atom. The smallest absolute Gasteiger partial charge is 0.344 e. The first-order valence-electron chi connectivity index (χ1n) is 6.60. The molecule has 20 heavy (non-hydrogen) atoms. The predicted octanol–water partition coefficient (Wildman–Crippen LogP) is 2.00. The minimum Gasteiger partial charge on any atom is -0.492 e. The molecule has 0 saturated heterocycles. The quantitative estimate of drug-likeness (QED) is 0.671. The zero-order valence-electron chi connectivity index (χ0n) is 11.9. The largest absolute Gasteiger partial charge is 0.492 e. The first kappa shape index (κ1) is 14.3. The molecule has 1 heterocycles. The average Bonchev–Trinajstić information content (AvgIpc) is 2.39. The van der Waals surface area contributed by atoms with Crippen LogP contribution in [0.15, 0.2) is 6.07 Å². The maximum absolute atomic E-state index is 12.2. The Kier molecular flexibility index (Phi) is 4.22. The van der Waals surface area contributed by atoms with E-state index in [9.17, 15) is 4.79 Å². The van der Waals surface area contributed by atoms with Crippen molar-refractivity contribution in [3.63, 3.8) is 0 Å². The molecular formula is C14H19NO5. The second-order valence-corrected chi connectivity index (χ2v) is 4.57. The number of hydrogen-bond donors (Lipinski definition) is 1. The molecule has 0 aromatic heterocycles. The van der Waals surface area contributed by atoms with Crippen LogP contribution in [0.3, 0.4) is 0 Å². The molecule has 0 unspecified atom stereocenters. The number of esters is 1. The summed E-state index contributed by atoms with van der Waals surface area (Å²) in [4.78, 5) is 12.2. The topological polar surface area (TPSA) is 80.0 Å². The van der Waals surface area contributed by atoms with Crippen LogP contribution in [0, 0.1) is 0 Å². The van der Waals surface area contributed by atoms with Crippen molar-refractivity contribution in [2.45, 2.75) is 26.9 Å². The lowest BCUT2D eigenvalue weighted by Gasteiger charge is -2.23. The van der Waals surface area contributed by atoms with E-state index in [1.807, 2.05) is 6.92 Å². The van der Waals surface area contributed by atoms with E-state index in [-0.39, 0.29) is 17.4 Å². The first-order chi connectivity index (χ1) is 9.54. The van der Waals surface area contributed by atoms with E-state index in [2.05, 4.69) is 0 Å². The number of hydrogen-bond acceptors (Lipinski definition) is 6. The van der Waals surface area contributed by atoms with E-state index < -0.39 is 5.97 Å². The van der Waals surface area contributed by atoms with Gasteiger partial charge in [0.2, 0.25) is 0 Å². The van der Waals surface area contributed by atoms with Crippen LogP contribution in [0.1, 0.15) is 31.1 Å². The zero-order chi connectivity index (χ0) is 14.7. The Bertz CT molecular complexity index is 513. The van der Waals surface area contributed by atoms with Crippen LogP contribution < -0.4 is 19.9 Å². The molecule has 1 aliphatic rings.